The Kier molecular flexibility index (Phi) is 6.63. The zero-order valence-electron chi connectivity index (χ0n) is 15.9. The first-order valence-corrected chi connectivity index (χ1v) is 8.54. The fourth-order valence-electron chi connectivity index (χ4n) is 2.66. The van der Waals surface area contributed by atoms with Crippen LogP contribution < -0.4 is 20.3 Å². The molecule has 0 bridgehead atoms. The van der Waals surface area contributed by atoms with E-state index in [4.69, 9.17) is 14.2 Å². The first kappa shape index (κ1) is 19.8. The second-order valence-corrected chi connectivity index (χ2v) is 6.24. The molecule has 2 rings (SSSR count). The molecule has 0 atom stereocenters. The molecule has 0 unspecified atom stereocenters. The number of aromatic nitrogens is 1. The van der Waals surface area contributed by atoms with E-state index in [0.29, 0.717) is 47.4 Å². The third kappa shape index (κ3) is 4.35. The summed E-state index contributed by atoms with van der Waals surface area (Å²) < 4.78 is 17.4. The summed E-state index contributed by atoms with van der Waals surface area (Å²) in [7, 11) is 4.63. The fourth-order valence-corrected chi connectivity index (χ4v) is 2.66. The number of nitrogens with one attached hydrogen (secondary N) is 1. The van der Waals surface area contributed by atoms with Gasteiger partial charge in [-0.15, -0.1) is 0 Å². The molecular formula is C19H26N2O5. The minimum absolute atomic E-state index is 0.167. The van der Waals surface area contributed by atoms with Gasteiger partial charge in [-0.3, -0.25) is 9.59 Å². The van der Waals surface area contributed by atoms with Gasteiger partial charge in [-0.2, -0.15) is 0 Å². The van der Waals surface area contributed by atoms with Crippen molar-refractivity contribution in [3.8, 4) is 11.5 Å². The molecule has 0 aliphatic carbocycles. The Morgan fingerprint density at radius 2 is 1.77 bits per heavy atom. The summed E-state index contributed by atoms with van der Waals surface area (Å²) in [5, 5.41) is 3.80. The van der Waals surface area contributed by atoms with Gasteiger partial charge in [-0.05, 0) is 32.4 Å². The summed E-state index contributed by atoms with van der Waals surface area (Å²) in [6.45, 7) is 5.01. The van der Waals surface area contributed by atoms with E-state index in [1.807, 2.05) is 13.8 Å². The minimum atomic E-state index is -0.248. The van der Waals surface area contributed by atoms with Crippen molar-refractivity contribution in [2.45, 2.75) is 26.4 Å². The number of aryl methyl sites for hydroxylation is 1. The second kappa shape index (κ2) is 8.71. The highest BCUT2D eigenvalue weighted by atomic mass is 16.5. The third-order valence-corrected chi connectivity index (χ3v) is 3.99. The average Bonchev–Trinajstić information content (AvgIpc) is 2.62. The van der Waals surface area contributed by atoms with Crippen molar-refractivity contribution in [2.75, 3.05) is 27.4 Å². The monoisotopic (exact) mass is 362 g/mol. The number of hydrogen-bond donors (Lipinski definition) is 1. The molecule has 0 saturated carbocycles. The molecule has 0 radical (unpaired) electrons. The van der Waals surface area contributed by atoms with Gasteiger partial charge in [0.1, 0.15) is 0 Å². The second-order valence-electron chi connectivity index (χ2n) is 6.24. The van der Waals surface area contributed by atoms with E-state index in [9.17, 15) is 9.59 Å². The maximum atomic E-state index is 12.6. The smallest absolute Gasteiger partial charge is 0.258 e. The van der Waals surface area contributed by atoms with Gasteiger partial charge in [-0.25, -0.2) is 0 Å². The number of ether oxygens (including phenoxy) is 3. The van der Waals surface area contributed by atoms with Crippen LogP contribution in [0.25, 0.3) is 10.8 Å². The molecule has 0 spiro atoms. The Labute approximate surface area is 152 Å². The summed E-state index contributed by atoms with van der Waals surface area (Å²) in [6.07, 6.45) is 2.42. The molecule has 2 aromatic rings. The van der Waals surface area contributed by atoms with Crippen molar-refractivity contribution in [2.24, 2.45) is 7.05 Å². The Balaban J connectivity index is 2.32. The highest BCUT2D eigenvalue weighted by Crippen LogP contribution is 2.32. The van der Waals surface area contributed by atoms with Crippen LogP contribution >= 0.6 is 0 Å². The van der Waals surface area contributed by atoms with Crippen LogP contribution in [0.2, 0.25) is 0 Å². The van der Waals surface area contributed by atoms with Crippen LogP contribution in [0.5, 0.6) is 11.5 Å². The maximum absolute atomic E-state index is 12.6. The van der Waals surface area contributed by atoms with Gasteiger partial charge in [0.05, 0.1) is 31.3 Å². The summed E-state index contributed by atoms with van der Waals surface area (Å²) in [5.41, 5.74) is 0.204. The molecule has 0 fully saturated rings. The van der Waals surface area contributed by atoms with Gasteiger partial charge in [0.15, 0.2) is 11.5 Å². The number of benzene rings is 1. The molecule has 7 nitrogen and oxygen atoms in total. The zero-order chi connectivity index (χ0) is 19.3. The Bertz CT molecular complexity index is 842. The molecule has 0 aliphatic rings. The molecule has 0 saturated heterocycles. The normalized spacial score (nSPS) is 11.0. The predicted octanol–water partition coefficient (Wildman–Crippen LogP) is 2.10. The van der Waals surface area contributed by atoms with Gasteiger partial charge < -0.3 is 24.1 Å². The van der Waals surface area contributed by atoms with E-state index in [1.165, 1.54) is 25.0 Å². The first-order chi connectivity index (χ1) is 12.4. The number of amides is 1. The Morgan fingerprint density at radius 3 is 2.35 bits per heavy atom. The van der Waals surface area contributed by atoms with Crippen molar-refractivity contribution in [1.82, 2.24) is 9.88 Å². The SMILES string of the molecule is COc1cc2c(C(=O)NCCCOC(C)C)cn(C)c(=O)c2cc1OC. The molecule has 26 heavy (non-hydrogen) atoms. The predicted molar refractivity (Wildman–Crippen MR) is 100 cm³/mol. The van der Waals surface area contributed by atoms with Crippen molar-refractivity contribution in [3.63, 3.8) is 0 Å². The number of rotatable bonds is 8. The van der Waals surface area contributed by atoms with Crippen LogP contribution in [0, 0.1) is 0 Å². The van der Waals surface area contributed by atoms with E-state index in [0.717, 1.165) is 0 Å². The first-order valence-electron chi connectivity index (χ1n) is 8.54. The standard InChI is InChI=1S/C19H26N2O5/c1-12(2)26-8-6-7-20-18(22)15-11-21(3)19(23)14-10-17(25-5)16(24-4)9-13(14)15/h9-12H,6-8H2,1-5H3,(H,20,22). The number of carbonyl (C=O) groups is 1. The summed E-state index contributed by atoms with van der Waals surface area (Å²) >= 11 is 0. The lowest BCUT2D eigenvalue weighted by molar-refractivity contribution is 0.0757. The van der Waals surface area contributed by atoms with Crippen molar-refractivity contribution in [3.05, 3.63) is 34.2 Å². The van der Waals surface area contributed by atoms with Gasteiger partial charge >= 0.3 is 0 Å². The van der Waals surface area contributed by atoms with E-state index < -0.39 is 0 Å². The van der Waals surface area contributed by atoms with Crippen LogP contribution in [0.4, 0.5) is 0 Å². The van der Waals surface area contributed by atoms with Crippen LogP contribution in [-0.4, -0.2) is 43.9 Å². The van der Waals surface area contributed by atoms with E-state index in [-0.39, 0.29) is 17.6 Å². The lowest BCUT2D eigenvalue weighted by Gasteiger charge is -2.13. The number of carbonyl (C=O) groups excluding carboxylic acids is 1. The molecule has 1 N–H and O–H groups in total. The van der Waals surface area contributed by atoms with Crippen LogP contribution in [0.15, 0.2) is 23.1 Å². The molecule has 0 aliphatic heterocycles. The van der Waals surface area contributed by atoms with E-state index in [2.05, 4.69) is 5.32 Å². The fraction of sp³-hybridized carbons (Fsp3) is 0.474. The van der Waals surface area contributed by atoms with Crippen LogP contribution in [-0.2, 0) is 11.8 Å². The average molecular weight is 362 g/mol. The molecule has 7 heteroatoms. The highest BCUT2D eigenvalue weighted by Gasteiger charge is 2.17. The van der Waals surface area contributed by atoms with Gasteiger partial charge in [0, 0.05) is 31.8 Å². The number of nitrogens with zero attached hydrogens (tertiary/aromatic N) is 1. The number of methoxy groups -OCH3 is 2. The lowest BCUT2D eigenvalue weighted by atomic mass is 10.1. The Hall–Kier alpha value is -2.54. The number of hydrogen-bond acceptors (Lipinski definition) is 5. The zero-order valence-corrected chi connectivity index (χ0v) is 15.9. The quantitative estimate of drug-likeness (QED) is 0.728. The minimum Gasteiger partial charge on any atom is -0.493 e. The molecule has 1 amide bonds. The lowest BCUT2D eigenvalue weighted by Crippen LogP contribution is -2.28. The largest absolute Gasteiger partial charge is 0.493 e. The van der Waals surface area contributed by atoms with E-state index in [1.54, 1.807) is 19.2 Å². The summed E-state index contributed by atoms with van der Waals surface area (Å²) in [6, 6.07) is 3.26. The maximum Gasteiger partial charge on any atom is 0.258 e. The van der Waals surface area contributed by atoms with Gasteiger partial charge in [-0.1, -0.05) is 0 Å². The van der Waals surface area contributed by atoms with Gasteiger partial charge in [0.25, 0.3) is 11.5 Å². The van der Waals surface area contributed by atoms with Crippen molar-refractivity contribution >= 4 is 16.7 Å². The van der Waals surface area contributed by atoms with Crippen molar-refractivity contribution in [1.29, 1.82) is 0 Å². The van der Waals surface area contributed by atoms with Gasteiger partial charge in [0.2, 0.25) is 0 Å². The topological polar surface area (TPSA) is 78.8 Å². The van der Waals surface area contributed by atoms with Crippen molar-refractivity contribution < 1.29 is 19.0 Å². The highest BCUT2D eigenvalue weighted by molar-refractivity contribution is 6.07. The molecule has 1 aromatic heterocycles. The van der Waals surface area contributed by atoms with Crippen LogP contribution in [0.3, 0.4) is 0 Å². The Morgan fingerprint density at radius 1 is 1.15 bits per heavy atom. The summed E-state index contributed by atoms with van der Waals surface area (Å²) in [4.78, 5) is 25.1. The number of pyridine rings is 1. The summed E-state index contributed by atoms with van der Waals surface area (Å²) in [5.74, 6) is 0.662. The molecule has 142 valence electrons. The number of fused-ring (bicyclic) bond motifs is 1. The molecular weight excluding hydrogens is 336 g/mol. The third-order valence-electron chi connectivity index (χ3n) is 3.99. The molecule has 1 heterocycles. The molecule has 1 aromatic carbocycles. The van der Waals surface area contributed by atoms with Crippen LogP contribution in [0.1, 0.15) is 30.6 Å². The van der Waals surface area contributed by atoms with E-state index >= 15 is 0 Å².